The van der Waals surface area contributed by atoms with Gasteiger partial charge in [-0.1, -0.05) is 201 Å². The largest absolute Gasteiger partial charge is 1.00 e. The SMILES string of the molecule is COC(=O)C(CC1CCCC1)n1c(C)cc(Br)cc1=O.COC(=O)C(CC1CCCC1)n1c(C)cc(S(=O)(=O)C2CCOCC2)cc1=O.COC(=O)C(CC1CCCC1)n1c(C)cc(S)cc1=O.COC(=O)C(CC1CCCC1)n1c(C)cc(SC2CCOCC2)cc1=O.Cc1cc(S(=O)(=O)C2CCOCC2)cc(=O)n1C(CC1CCCC1)C(=O)Cc1ncc(Cl)s1.IC1CCOCC1.Nc1ncc(Cl)s1.[CH3][AlH2].[H-].[Na+].[Na+].[SH-]. The number of sulfone groups is 2. The predicted octanol–water partition coefficient (Wildman–Crippen LogP) is 12.7. The summed E-state index contributed by atoms with van der Waals surface area (Å²) in [5.41, 5.74) is 7.13. The number of aromatic nitrogens is 7. The summed E-state index contributed by atoms with van der Waals surface area (Å²) in [6.45, 7) is 14.1. The minimum absolute atomic E-state index is 0. The summed E-state index contributed by atoms with van der Waals surface area (Å²) in [4.78, 5) is 135. The fraction of sp³-hybridized carbons (Fsp3) is 0.647. The van der Waals surface area contributed by atoms with Crippen molar-refractivity contribution in [2.45, 2.75) is 328 Å². The van der Waals surface area contributed by atoms with Crippen LogP contribution >= 0.6 is 109 Å². The number of Topliss-reactive ketones (excluding diaryl/α,β-unsaturated/α-hetero) is 1. The van der Waals surface area contributed by atoms with Gasteiger partial charge >= 0.3 is 83.0 Å². The second-order valence-electron chi connectivity index (χ2n) is 37.9. The molecule has 11 heterocycles. The Morgan fingerprint density at radius 2 is 0.747 bits per heavy atom. The monoisotopic (exact) mass is 2410 g/mol. The number of rotatable bonds is 28. The van der Waals surface area contributed by atoms with E-state index in [9.17, 15) is 64.8 Å². The molecule has 4 aliphatic heterocycles. The van der Waals surface area contributed by atoms with Crippen molar-refractivity contribution < 1.29 is 139 Å². The van der Waals surface area contributed by atoms with E-state index in [2.05, 4.69) is 66.9 Å². The zero-order valence-corrected chi connectivity index (χ0v) is 104. The van der Waals surface area contributed by atoms with Gasteiger partial charge in [-0.15, -0.1) is 41.5 Å². The van der Waals surface area contributed by atoms with E-state index < -0.39 is 77.5 Å². The Morgan fingerprint density at radius 3 is 1.03 bits per heavy atom. The summed E-state index contributed by atoms with van der Waals surface area (Å²) in [6, 6.07) is 12.8. The van der Waals surface area contributed by atoms with Gasteiger partial charge in [0.25, 0.3) is 27.8 Å². The van der Waals surface area contributed by atoms with Gasteiger partial charge in [0.15, 0.2) is 30.6 Å². The van der Waals surface area contributed by atoms with Gasteiger partial charge in [-0.2, -0.15) is 0 Å². The second-order valence-corrected chi connectivity index (χ2v) is 50.4. The molecule has 0 radical (unpaired) electrons. The van der Waals surface area contributed by atoms with Crippen LogP contribution in [0.1, 0.15) is 277 Å². The average Bonchev–Trinajstić information content (AvgIpc) is 1.56. The molecule has 5 unspecified atom stereocenters. The summed E-state index contributed by atoms with van der Waals surface area (Å²) in [7, 11) is -1.78. The van der Waals surface area contributed by atoms with Crippen molar-refractivity contribution in [1.29, 1.82) is 0 Å². The number of thiol groups is 2. The number of anilines is 1. The third kappa shape index (κ3) is 40.0. The van der Waals surface area contributed by atoms with Crippen LogP contribution in [0.25, 0.3) is 0 Å². The minimum Gasteiger partial charge on any atom is -1.00 e. The third-order valence-corrected chi connectivity index (χ3v) is 37.8. The van der Waals surface area contributed by atoms with Crippen molar-refractivity contribution in [3.05, 3.63) is 171 Å². The van der Waals surface area contributed by atoms with Crippen molar-refractivity contribution in [3.63, 3.8) is 0 Å². The molecule has 0 amide bonds. The number of hydrogen-bond donors (Lipinski definition) is 2. The topological polar surface area (TPSA) is 389 Å². The van der Waals surface area contributed by atoms with Crippen LogP contribution in [-0.4, -0.2) is 197 Å². The molecule has 146 heavy (non-hydrogen) atoms. The number of hydrogen-bond acceptors (Lipinski definition) is 30. The van der Waals surface area contributed by atoms with Crippen molar-refractivity contribution >= 4 is 193 Å². The molecule has 44 heteroatoms. The molecule has 7 aromatic rings. The molecule has 9 aliphatic rings. The van der Waals surface area contributed by atoms with Crippen molar-refractivity contribution in [1.82, 2.24) is 32.8 Å². The van der Waals surface area contributed by atoms with E-state index in [1.807, 2.05) is 32.9 Å². The van der Waals surface area contributed by atoms with Crippen molar-refractivity contribution in [2.75, 3.05) is 87.0 Å². The molecule has 4 saturated heterocycles. The summed E-state index contributed by atoms with van der Waals surface area (Å²) in [5.74, 6) is 2.86. The first-order chi connectivity index (χ1) is 68.4. The van der Waals surface area contributed by atoms with Crippen LogP contribution in [0.3, 0.4) is 0 Å². The average molecular weight is 2410 g/mol. The molecular formula is C102H147AlBrCl2IN8Na2O22S7. The van der Waals surface area contributed by atoms with E-state index in [1.54, 1.807) is 57.5 Å². The van der Waals surface area contributed by atoms with Crippen LogP contribution < -0.4 is 92.6 Å². The molecule has 0 aromatic carbocycles. The second kappa shape index (κ2) is 66.8. The number of esters is 4. The van der Waals surface area contributed by atoms with Gasteiger partial charge in [-0.25, -0.2) is 46.0 Å². The van der Waals surface area contributed by atoms with Crippen LogP contribution in [0.2, 0.25) is 14.5 Å². The van der Waals surface area contributed by atoms with Crippen molar-refractivity contribution in [3.8, 4) is 0 Å². The Labute approximate surface area is 970 Å². The molecule has 5 saturated carbocycles. The van der Waals surface area contributed by atoms with E-state index in [-0.39, 0.29) is 131 Å². The Kier molecular flexibility index (Phi) is 60.0. The van der Waals surface area contributed by atoms with Gasteiger partial charge in [0.2, 0.25) is 16.3 Å². The fourth-order valence-electron chi connectivity index (χ4n) is 20.7. The molecule has 7 aromatic heterocycles. The Bertz CT molecular complexity index is 5740. The van der Waals surface area contributed by atoms with Crippen LogP contribution in [0, 0.1) is 64.2 Å². The molecule has 16 rings (SSSR count). The molecule has 30 nitrogen and oxygen atoms in total. The first kappa shape index (κ1) is 131. The number of ether oxygens (including phenoxy) is 8. The van der Waals surface area contributed by atoms with Crippen LogP contribution in [0.5, 0.6) is 0 Å². The summed E-state index contributed by atoms with van der Waals surface area (Å²) in [5, 5.41) is 0.543. The molecule has 5 atom stereocenters. The number of thioether (sulfide) groups is 1. The minimum atomic E-state index is -3.64. The number of pyridine rings is 5. The third-order valence-electron chi connectivity index (χ3n) is 28.0. The number of nitrogens with zero attached hydrogens (tertiary/aromatic N) is 7. The summed E-state index contributed by atoms with van der Waals surface area (Å²) in [6.07, 6.45) is 35.3. The number of carbonyl (C=O) groups excluding carboxylic acids is 5. The maximum Gasteiger partial charge on any atom is 1.00 e. The molecule has 0 bridgehead atoms. The molecule has 802 valence electrons. The number of nitrogens with two attached hydrogens (primary N) is 1. The summed E-state index contributed by atoms with van der Waals surface area (Å²) >= 11 is 27.0. The number of carbonyl (C=O) groups is 5. The van der Waals surface area contributed by atoms with Crippen LogP contribution in [-0.2, 0) is 101 Å². The number of aryl methyl sites for hydroxylation is 5. The fourth-order valence-corrected chi connectivity index (χ4v) is 28.5. The Morgan fingerprint density at radius 1 is 0.452 bits per heavy atom. The van der Waals surface area contributed by atoms with Gasteiger partial charge in [-0.05, 0) is 178 Å². The molecule has 2 N–H and O–H groups in total. The van der Waals surface area contributed by atoms with Gasteiger partial charge in [0.1, 0.15) is 37.8 Å². The molecular weight excluding hydrogens is 2260 g/mol. The Hall–Kier alpha value is -3.53. The number of thiazole rings is 2. The smallest absolute Gasteiger partial charge is 1.00 e. The predicted molar refractivity (Wildman–Crippen MR) is 590 cm³/mol. The number of alkyl halides is 1. The zero-order valence-electron chi connectivity index (χ0n) is 87.8. The number of ketones is 1. The van der Waals surface area contributed by atoms with Gasteiger partial charge in [0, 0.05) is 135 Å². The van der Waals surface area contributed by atoms with E-state index in [0.717, 1.165) is 166 Å². The quantitative estimate of drug-likeness (QED) is 0.00874. The normalized spacial score (nSPS) is 18.2. The molecule has 0 spiro atoms. The van der Waals surface area contributed by atoms with Gasteiger partial charge < -0.3 is 63.1 Å². The first-order valence-corrected chi connectivity index (χ1v) is 61.2. The van der Waals surface area contributed by atoms with E-state index in [4.69, 9.17) is 66.8 Å². The van der Waals surface area contributed by atoms with E-state index in [0.29, 0.717) is 154 Å². The van der Waals surface area contributed by atoms with Crippen molar-refractivity contribution in [2.24, 2.45) is 29.6 Å². The maximum absolute atomic E-state index is 13.4. The van der Waals surface area contributed by atoms with Gasteiger partial charge in [0.05, 0.1) is 73.6 Å². The maximum atomic E-state index is 13.4. The van der Waals surface area contributed by atoms with E-state index >= 15 is 0 Å². The number of methoxy groups -OCH3 is 4. The number of nitrogen functional groups attached to an aromatic ring is 1. The number of halogens is 4. The first-order valence-electron chi connectivity index (χ1n) is 50.3. The van der Waals surface area contributed by atoms with E-state index in [1.165, 1.54) is 165 Å². The van der Waals surface area contributed by atoms with Crippen LogP contribution in [0.15, 0.2) is 121 Å². The van der Waals surface area contributed by atoms with Crippen LogP contribution in [0.4, 0.5) is 5.13 Å². The Balaban J connectivity index is 0.000000311. The standard InChI is InChI=1S/C23H29ClN2O5S2.C20H29NO6S.C20H29NO4S.C15H20BrNO3.C15H21NO3S.C5H9IO.C3H3ClN2S.CH3.Al.2Na.H2S.3H/c1-15-10-18(33(29,30)17-6-8-31-9-7-17)12-23(28)26(15)19(11-16-4-2-3-5-16)20(27)13-22-25-14-21(24)32-22;1-14-11-17(28(24,25)16-7-9-27-10-8-16)13-19(22)21(14)18(20(23)26-2)12-15-5-3-4-6-15;1-14-11-17(26-16-7-9-25-10-8-16)13-19(22)21(14)18(20(23)24-2)12-15-5-3-4-6-15;1-10-7-12(16)9-14(18)17(10)13(15(19)20-2)8-11-5-3-4-6-11;1-10-7-12(20)9-14(17)16(10)13(15(18)19-2)8-11-5-3-4-6-11;6-5-1-3-7-4-2-5;4-2-1-6-3(5)7-2;;;;;;;;/h10,12,14,16-17,19H,2-9,11,13H2,1H3;11,13,15-16,18H,3-10,12H2,1-2H3;11,13,15-16,18H,3-10,12H2,1-2H3;7,9,11,13H,3-6,8H2,1-2H3;7,9,11,13,20H,3-6,8H2,1-2H3;5H,1-4H2;1H,(H2,5,6);1H3;;;;1H2;;;/q;;;;;;;;;2*+1;;;;-1/p-1. The molecule has 5 aliphatic carbocycles. The van der Waals surface area contributed by atoms with Gasteiger partial charge in [-0.3, -0.25) is 47.0 Å². The summed E-state index contributed by atoms with van der Waals surface area (Å²) < 4.78 is 103. The zero-order chi connectivity index (χ0) is 104. The molecule has 9 fully saturated rings.